The topological polar surface area (TPSA) is 79.5 Å². The van der Waals surface area contributed by atoms with Gasteiger partial charge in [-0.3, -0.25) is 9.69 Å². The van der Waals surface area contributed by atoms with E-state index < -0.39 is 5.97 Å². The first-order valence-electron chi connectivity index (χ1n) is 7.43. The molecular formula is C14H23N3O3. The molecule has 0 aromatic carbocycles. The van der Waals surface area contributed by atoms with E-state index in [9.17, 15) is 4.79 Å². The predicted octanol–water partition coefficient (Wildman–Crippen LogP) is 2.10. The van der Waals surface area contributed by atoms with Gasteiger partial charge in [0.15, 0.2) is 5.82 Å². The molecule has 1 aromatic rings. The first kappa shape index (κ1) is 15.0. The number of nitrogens with zero attached hydrogens (tertiary/aromatic N) is 3. The summed E-state index contributed by atoms with van der Waals surface area (Å²) in [5.41, 5.74) is 0. The van der Waals surface area contributed by atoms with Crippen LogP contribution in [0.2, 0.25) is 0 Å². The summed E-state index contributed by atoms with van der Waals surface area (Å²) in [6.45, 7) is 4.64. The van der Waals surface area contributed by atoms with Crippen molar-refractivity contribution in [2.75, 3.05) is 13.1 Å². The highest BCUT2D eigenvalue weighted by atomic mass is 16.5. The molecule has 2 heterocycles. The lowest BCUT2D eigenvalue weighted by Crippen LogP contribution is -2.34. The molecule has 6 nitrogen and oxygen atoms in total. The highest BCUT2D eigenvalue weighted by molar-refractivity contribution is 5.67. The molecule has 0 saturated carbocycles. The van der Waals surface area contributed by atoms with Gasteiger partial charge < -0.3 is 9.63 Å². The van der Waals surface area contributed by atoms with Crippen LogP contribution in [0.3, 0.4) is 0 Å². The van der Waals surface area contributed by atoms with E-state index in [0.29, 0.717) is 18.4 Å². The van der Waals surface area contributed by atoms with Gasteiger partial charge in [-0.25, -0.2) is 0 Å². The van der Waals surface area contributed by atoms with Crippen LogP contribution in [0.15, 0.2) is 4.52 Å². The van der Waals surface area contributed by atoms with Crippen LogP contribution in [0.5, 0.6) is 0 Å². The number of carboxylic acid groups (broad SMARTS) is 1. The largest absolute Gasteiger partial charge is 0.481 e. The fourth-order valence-electron chi connectivity index (χ4n) is 2.58. The van der Waals surface area contributed by atoms with E-state index in [1.165, 1.54) is 0 Å². The van der Waals surface area contributed by atoms with Crippen LogP contribution in [0.25, 0.3) is 0 Å². The Balaban J connectivity index is 1.74. The fraction of sp³-hybridized carbons (Fsp3) is 0.786. The molecule has 0 unspecified atom stereocenters. The SMILES string of the molecule is CCCCc1noc(CN2CCC(CC(=O)O)CC2)n1. The number of piperidine rings is 1. The number of aryl methyl sites for hydroxylation is 1. The number of unbranched alkanes of at least 4 members (excludes halogenated alkanes) is 1. The van der Waals surface area contributed by atoms with Crippen molar-refractivity contribution in [1.29, 1.82) is 0 Å². The minimum absolute atomic E-state index is 0.287. The minimum Gasteiger partial charge on any atom is -0.481 e. The molecule has 1 aliphatic heterocycles. The summed E-state index contributed by atoms with van der Waals surface area (Å²) >= 11 is 0. The van der Waals surface area contributed by atoms with E-state index in [0.717, 1.165) is 51.0 Å². The standard InChI is InChI=1S/C14H23N3O3/c1-2-3-4-12-15-13(20-16-12)10-17-7-5-11(6-8-17)9-14(18)19/h11H,2-10H2,1H3,(H,18,19). The van der Waals surface area contributed by atoms with Crippen LogP contribution in [0.4, 0.5) is 0 Å². The maximum atomic E-state index is 10.7. The van der Waals surface area contributed by atoms with Crippen molar-refractivity contribution >= 4 is 5.97 Å². The van der Waals surface area contributed by atoms with Gasteiger partial charge in [-0.15, -0.1) is 0 Å². The average molecular weight is 281 g/mol. The smallest absolute Gasteiger partial charge is 0.303 e. The Morgan fingerprint density at radius 3 is 2.85 bits per heavy atom. The maximum Gasteiger partial charge on any atom is 0.303 e. The Morgan fingerprint density at radius 2 is 2.20 bits per heavy atom. The van der Waals surface area contributed by atoms with Crippen molar-refractivity contribution in [1.82, 2.24) is 15.0 Å². The van der Waals surface area contributed by atoms with Crippen LogP contribution >= 0.6 is 0 Å². The molecule has 0 spiro atoms. The van der Waals surface area contributed by atoms with Crippen LogP contribution in [0, 0.1) is 5.92 Å². The summed E-state index contributed by atoms with van der Waals surface area (Å²) in [4.78, 5) is 17.3. The molecule has 1 N–H and O–H groups in total. The lowest BCUT2D eigenvalue weighted by molar-refractivity contribution is -0.138. The zero-order valence-corrected chi connectivity index (χ0v) is 12.0. The average Bonchev–Trinajstić information content (AvgIpc) is 2.86. The molecular weight excluding hydrogens is 258 g/mol. The van der Waals surface area contributed by atoms with E-state index in [1.54, 1.807) is 0 Å². The van der Waals surface area contributed by atoms with Gasteiger partial charge in [-0.2, -0.15) is 4.98 Å². The minimum atomic E-state index is -0.694. The Kier molecular flexibility index (Phi) is 5.52. The number of likely N-dealkylation sites (tertiary alicyclic amines) is 1. The lowest BCUT2D eigenvalue weighted by Gasteiger charge is -2.30. The molecule has 0 amide bonds. The van der Waals surface area contributed by atoms with Crippen molar-refractivity contribution in [2.24, 2.45) is 5.92 Å². The second-order valence-electron chi connectivity index (χ2n) is 5.53. The third kappa shape index (κ3) is 4.59. The monoisotopic (exact) mass is 281 g/mol. The summed E-state index contributed by atoms with van der Waals surface area (Å²) in [7, 11) is 0. The highest BCUT2D eigenvalue weighted by Crippen LogP contribution is 2.21. The van der Waals surface area contributed by atoms with Crippen LogP contribution < -0.4 is 0 Å². The van der Waals surface area contributed by atoms with Gasteiger partial charge in [0.05, 0.1) is 6.54 Å². The summed E-state index contributed by atoms with van der Waals surface area (Å²) in [5.74, 6) is 1.09. The molecule has 6 heteroatoms. The number of hydrogen-bond donors (Lipinski definition) is 1. The van der Waals surface area contributed by atoms with E-state index in [-0.39, 0.29) is 6.42 Å². The molecule has 2 rings (SSSR count). The molecule has 1 fully saturated rings. The first-order valence-corrected chi connectivity index (χ1v) is 7.43. The Hall–Kier alpha value is -1.43. The van der Waals surface area contributed by atoms with Crippen molar-refractivity contribution in [3.63, 3.8) is 0 Å². The van der Waals surface area contributed by atoms with E-state index in [4.69, 9.17) is 9.63 Å². The lowest BCUT2D eigenvalue weighted by atomic mass is 9.94. The number of aromatic nitrogens is 2. The van der Waals surface area contributed by atoms with Crippen LogP contribution in [-0.4, -0.2) is 39.2 Å². The van der Waals surface area contributed by atoms with Crippen molar-refractivity contribution in [3.8, 4) is 0 Å². The molecule has 1 aromatic heterocycles. The molecule has 0 bridgehead atoms. The highest BCUT2D eigenvalue weighted by Gasteiger charge is 2.22. The third-order valence-corrected chi connectivity index (χ3v) is 3.79. The van der Waals surface area contributed by atoms with Crippen LogP contribution in [-0.2, 0) is 17.8 Å². The van der Waals surface area contributed by atoms with Gasteiger partial charge >= 0.3 is 5.97 Å². The Morgan fingerprint density at radius 1 is 1.45 bits per heavy atom. The molecule has 0 radical (unpaired) electrons. The first-order chi connectivity index (χ1) is 9.67. The van der Waals surface area contributed by atoms with Gasteiger partial charge in [0.2, 0.25) is 5.89 Å². The number of carbonyl (C=O) groups is 1. The van der Waals surface area contributed by atoms with Gasteiger partial charge in [0.25, 0.3) is 0 Å². The van der Waals surface area contributed by atoms with E-state index >= 15 is 0 Å². The van der Waals surface area contributed by atoms with Gasteiger partial charge in [0.1, 0.15) is 0 Å². The van der Waals surface area contributed by atoms with Crippen molar-refractivity contribution < 1.29 is 14.4 Å². The number of rotatable bonds is 7. The number of hydrogen-bond acceptors (Lipinski definition) is 5. The second-order valence-corrected chi connectivity index (χ2v) is 5.53. The normalized spacial score (nSPS) is 17.4. The van der Waals surface area contributed by atoms with E-state index in [2.05, 4.69) is 22.0 Å². The summed E-state index contributed by atoms with van der Waals surface area (Å²) in [6, 6.07) is 0. The second kappa shape index (κ2) is 7.38. The summed E-state index contributed by atoms with van der Waals surface area (Å²) in [6.07, 6.45) is 5.24. The Labute approximate surface area is 119 Å². The number of aliphatic carboxylic acids is 1. The van der Waals surface area contributed by atoms with Gasteiger partial charge in [-0.1, -0.05) is 18.5 Å². The third-order valence-electron chi connectivity index (χ3n) is 3.79. The quantitative estimate of drug-likeness (QED) is 0.824. The molecule has 112 valence electrons. The van der Waals surface area contributed by atoms with Crippen molar-refractivity contribution in [2.45, 2.75) is 52.0 Å². The van der Waals surface area contributed by atoms with E-state index in [1.807, 2.05) is 0 Å². The summed E-state index contributed by atoms with van der Waals surface area (Å²) < 4.78 is 5.26. The maximum absolute atomic E-state index is 10.7. The Bertz CT molecular complexity index is 425. The molecule has 1 saturated heterocycles. The molecule has 0 aliphatic carbocycles. The van der Waals surface area contributed by atoms with Crippen LogP contribution in [0.1, 0.15) is 50.7 Å². The van der Waals surface area contributed by atoms with Gasteiger partial charge in [0, 0.05) is 12.8 Å². The molecule has 20 heavy (non-hydrogen) atoms. The number of carboxylic acids is 1. The predicted molar refractivity (Wildman–Crippen MR) is 73.2 cm³/mol. The van der Waals surface area contributed by atoms with Gasteiger partial charge in [-0.05, 0) is 38.3 Å². The molecule has 0 atom stereocenters. The fourth-order valence-corrected chi connectivity index (χ4v) is 2.58. The molecule has 1 aliphatic rings. The zero-order valence-electron chi connectivity index (χ0n) is 12.0. The van der Waals surface area contributed by atoms with Crippen molar-refractivity contribution in [3.05, 3.63) is 11.7 Å². The zero-order chi connectivity index (χ0) is 14.4. The summed E-state index contributed by atoms with van der Waals surface area (Å²) in [5, 5.41) is 12.8.